The highest BCUT2D eigenvalue weighted by Crippen LogP contribution is 2.31. The Balaban J connectivity index is 1.69. The van der Waals surface area contributed by atoms with Crippen molar-refractivity contribution in [1.29, 1.82) is 0 Å². The van der Waals surface area contributed by atoms with E-state index in [1.807, 2.05) is 36.0 Å². The average molecular weight is 325 g/mol. The van der Waals surface area contributed by atoms with Crippen LogP contribution in [0.15, 0.2) is 42.5 Å². The first-order chi connectivity index (χ1) is 11.7. The predicted octanol–water partition coefficient (Wildman–Crippen LogP) is 3.51. The molecule has 0 bridgehead atoms. The Hall–Kier alpha value is -2.40. The van der Waals surface area contributed by atoms with Crippen LogP contribution in [0.5, 0.6) is 5.75 Å². The number of aryl methyl sites for hydroxylation is 1. The molecule has 1 fully saturated rings. The lowest BCUT2D eigenvalue weighted by Gasteiger charge is -2.23. The molecule has 0 spiro atoms. The molecule has 1 aromatic heterocycles. The molecule has 0 atom stereocenters. The van der Waals surface area contributed by atoms with Crippen molar-refractivity contribution in [2.45, 2.75) is 18.9 Å². The standard InChI is InChI=1S/C19H20FN3O/c1-23-18-12-16(24-15-7-9-21-10-8-15)5-6-17(18)19(22-23)13-3-2-4-14(20)11-13/h2-6,11-12,15,21H,7-10H2,1H3. The van der Waals surface area contributed by atoms with Gasteiger partial charge in [0.25, 0.3) is 0 Å². The smallest absolute Gasteiger partial charge is 0.123 e. The van der Waals surface area contributed by atoms with E-state index in [-0.39, 0.29) is 11.9 Å². The third-order valence-corrected chi connectivity index (χ3v) is 4.51. The maximum Gasteiger partial charge on any atom is 0.123 e. The lowest BCUT2D eigenvalue weighted by Crippen LogP contribution is -2.34. The number of ether oxygens (including phenoxy) is 1. The monoisotopic (exact) mass is 325 g/mol. The molecule has 0 amide bonds. The third-order valence-electron chi connectivity index (χ3n) is 4.51. The summed E-state index contributed by atoms with van der Waals surface area (Å²) in [5.74, 6) is 0.611. The topological polar surface area (TPSA) is 39.1 Å². The second-order valence-electron chi connectivity index (χ2n) is 6.23. The number of rotatable bonds is 3. The van der Waals surface area contributed by atoms with Gasteiger partial charge in [0.05, 0.1) is 5.52 Å². The average Bonchev–Trinajstić information content (AvgIpc) is 2.92. The molecule has 124 valence electrons. The van der Waals surface area contributed by atoms with Gasteiger partial charge in [-0.15, -0.1) is 0 Å². The van der Waals surface area contributed by atoms with Gasteiger partial charge in [0.15, 0.2) is 0 Å². The van der Waals surface area contributed by atoms with Gasteiger partial charge in [-0.25, -0.2) is 4.39 Å². The highest BCUT2D eigenvalue weighted by Gasteiger charge is 2.16. The highest BCUT2D eigenvalue weighted by molar-refractivity contribution is 5.94. The number of piperidine rings is 1. The van der Waals surface area contributed by atoms with Crippen LogP contribution < -0.4 is 10.1 Å². The molecule has 2 aromatic carbocycles. The molecule has 1 aliphatic heterocycles. The summed E-state index contributed by atoms with van der Waals surface area (Å²) in [4.78, 5) is 0. The summed E-state index contributed by atoms with van der Waals surface area (Å²) in [6.45, 7) is 2.00. The van der Waals surface area contributed by atoms with Crippen LogP contribution in [-0.4, -0.2) is 29.0 Å². The van der Waals surface area contributed by atoms with Gasteiger partial charge in [-0.3, -0.25) is 4.68 Å². The third kappa shape index (κ3) is 2.87. The largest absolute Gasteiger partial charge is 0.490 e. The Morgan fingerprint density at radius 3 is 2.79 bits per heavy atom. The fraction of sp³-hybridized carbons (Fsp3) is 0.316. The first-order valence-electron chi connectivity index (χ1n) is 8.31. The summed E-state index contributed by atoms with van der Waals surface area (Å²) in [5.41, 5.74) is 2.56. The van der Waals surface area contributed by atoms with Crippen LogP contribution >= 0.6 is 0 Å². The molecule has 4 rings (SSSR count). The Morgan fingerprint density at radius 1 is 1.17 bits per heavy atom. The highest BCUT2D eigenvalue weighted by atomic mass is 19.1. The zero-order chi connectivity index (χ0) is 16.5. The van der Waals surface area contributed by atoms with E-state index in [2.05, 4.69) is 10.4 Å². The van der Waals surface area contributed by atoms with Gasteiger partial charge in [0.1, 0.15) is 23.4 Å². The van der Waals surface area contributed by atoms with Gasteiger partial charge >= 0.3 is 0 Å². The van der Waals surface area contributed by atoms with Gasteiger partial charge in [0, 0.05) is 24.1 Å². The van der Waals surface area contributed by atoms with Crippen LogP contribution in [0.1, 0.15) is 12.8 Å². The van der Waals surface area contributed by atoms with Gasteiger partial charge in [-0.2, -0.15) is 5.10 Å². The minimum atomic E-state index is -0.253. The van der Waals surface area contributed by atoms with Crippen molar-refractivity contribution < 1.29 is 9.13 Å². The molecule has 1 N–H and O–H groups in total. The first-order valence-corrected chi connectivity index (χ1v) is 8.31. The van der Waals surface area contributed by atoms with Crippen molar-refractivity contribution in [2.24, 2.45) is 7.05 Å². The molecule has 5 heteroatoms. The summed E-state index contributed by atoms with van der Waals surface area (Å²) in [6.07, 6.45) is 2.32. The number of aromatic nitrogens is 2. The normalized spacial score (nSPS) is 15.8. The summed E-state index contributed by atoms with van der Waals surface area (Å²) < 4.78 is 21.5. The predicted molar refractivity (Wildman–Crippen MR) is 92.6 cm³/mol. The van der Waals surface area contributed by atoms with Gasteiger partial charge in [-0.1, -0.05) is 12.1 Å². The van der Waals surface area contributed by atoms with Crippen LogP contribution in [0.2, 0.25) is 0 Å². The number of halogens is 1. The Kier molecular flexibility index (Phi) is 3.94. The molecular formula is C19H20FN3O. The van der Waals surface area contributed by atoms with Gasteiger partial charge in [-0.05, 0) is 50.2 Å². The Labute approximate surface area is 140 Å². The van der Waals surface area contributed by atoms with Crippen LogP contribution in [-0.2, 0) is 7.05 Å². The van der Waals surface area contributed by atoms with Crippen molar-refractivity contribution in [3.63, 3.8) is 0 Å². The number of hydrogen-bond donors (Lipinski definition) is 1. The molecule has 0 saturated carbocycles. The van der Waals surface area contributed by atoms with E-state index in [1.54, 1.807) is 6.07 Å². The van der Waals surface area contributed by atoms with E-state index in [0.717, 1.165) is 53.8 Å². The van der Waals surface area contributed by atoms with E-state index in [0.29, 0.717) is 0 Å². The van der Waals surface area contributed by atoms with Crippen molar-refractivity contribution in [3.05, 3.63) is 48.3 Å². The number of nitrogens with one attached hydrogen (secondary N) is 1. The van der Waals surface area contributed by atoms with Crippen LogP contribution in [0, 0.1) is 5.82 Å². The van der Waals surface area contributed by atoms with Crippen LogP contribution in [0.4, 0.5) is 4.39 Å². The lowest BCUT2D eigenvalue weighted by molar-refractivity contribution is 0.162. The zero-order valence-electron chi connectivity index (χ0n) is 13.6. The molecule has 1 saturated heterocycles. The molecule has 2 heterocycles. The molecule has 3 aromatic rings. The molecule has 24 heavy (non-hydrogen) atoms. The number of benzene rings is 2. The van der Waals surface area contributed by atoms with Gasteiger partial charge < -0.3 is 10.1 Å². The zero-order valence-corrected chi connectivity index (χ0v) is 13.6. The maximum atomic E-state index is 13.5. The molecule has 0 unspecified atom stereocenters. The molecule has 1 aliphatic rings. The Bertz CT molecular complexity index is 868. The number of hydrogen-bond acceptors (Lipinski definition) is 3. The Morgan fingerprint density at radius 2 is 2.00 bits per heavy atom. The van der Waals surface area contributed by atoms with Crippen molar-refractivity contribution in [1.82, 2.24) is 15.1 Å². The number of nitrogens with zero attached hydrogens (tertiary/aromatic N) is 2. The summed E-state index contributed by atoms with van der Waals surface area (Å²) >= 11 is 0. The molecule has 0 radical (unpaired) electrons. The summed E-state index contributed by atoms with van der Waals surface area (Å²) in [7, 11) is 1.90. The maximum absolute atomic E-state index is 13.5. The summed E-state index contributed by atoms with van der Waals surface area (Å²) in [5, 5.41) is 8.91. The second kappa shape index (κ2) is 6.24. The van der Waals surface area contributed by atoms with Crippen molar-refractivity contribution in [3.8, 4) is 17.0 Å². The molecule has 0 aliphatic carbocycles. The molecule has 4 nitrogen and oxygen atoms in total. The lowest BCUT2D eigenvalue weighted by atomic mass is 10.1. The van der Waals surface area contributed by atoms with Crippen molar-refractivity contribution >= 4 is 10.9 Å². The minimum absolute atomic E-state index is 0.253. The van der Waals surface area contributed by atoms with Crippen molar-refractivity contribution in [2.75, 3.05) is 13.1 Å². The fourth-order valence-corrected chi connectivity index (χ4v) is 3.27. The quantitative estimate of drug-likeness (QED) is 0.801. The summed E-state index contributed by atoms with van der Waals surface area (Å²) in [6, 6.07) is 12.6. The fourth-order valence-electron chi connectivity index (χ4n) is 3.27. The van der Waals surface area contributed by atoms with E-state index >= 15 is 0 Å². The van der Waals surface area contributed by atoms with Crippen LogP contribution in [0.25, 0.3) is 22.2 Å². The molecular weight excluding hydrogens is 305 g/mol. The first kappa shape index (κ1) is 15.1. The second-order valence-corrected chi connectivity index (χ2v) is 6.23. The van der Waals surface area contributed by atoms with E-state index in [1.165, 1.54) is 12.1 Å². The van der Waals surface area contributed by atoms with E-state index in [4.69, 9.17) is 4.74 Å². The van der Waals surface area contributed by atoms with Crippen LogP contribution in [0.3, 0.4) is 0 Å². The number of fused-ring (bicyclic) bond motifs is 1. The van der Waals surface area contributed by atoms with E-state index < -0.39 is 0 Å². The van der Waals surface area contributed by atoms with Gasteiger partial charge in [0.2, 0.25) is 0 Å². The minimum Gasteiger partial charge on any atom is -0.490 e. The van der Waals surface area contributed by atoms with E-state index in [9.17, 15) is 4.39 Å². The SMILES string of the molecule is Cn1nc(-c2cccc(F)c2)c2ccc(OC3CCNCC3)cc21.